The fourth-order valence-electron chi connectivity index (χ4n) is 6.92. The van der Waals surface area contributed by atoms with Crippen molar-refractivity contribution in [3.8, 4) is 11.1 Å². The maximum Gasteiger partial charge on any atom is 0.264 e. The third-order valence-corrected chi connectivity index (χ3v) is 10.3. The number of aryl methyl sites for hydroxylation is 1. The minimum Gasteiger partial charge on any atom is -0.392 e. The summed E-state index contributed by atoms with van der Waals surface area (Å²) in [6, 6.07) is 4.23. The van der Waals surface area contributed by atoms with E-state index in [4.69, 9.17) is 9.90 Å². The molecule has 0 bridgehead atoms. The zero-order valence-corrected chi connectivity index (χ0v) is 36.3. The third-order valence-electron chi connectivity index (χ3n) is 10.3. The number of carbonyl (C=O) groups is 2. The SMILES string of the molecule is C=O.CC.CC/C(NC1CN(C(C)CC)C1)=C(\CNC)C(=N)N1CCCc2cc(-c3cnc(CC(=O)NCC(C)(C)C)nc3)c(C(F)F)cc21.CN1CCC(O)C1. The Hall–Kier alpha value is -3.85. The van der Waals surface area contributed by atoms with Crippen LogP contribution in [0.15, 0.2) is 35.8 Å². The monoisotopic (exact) mass is 800 g/mol. The first kappa shape index (κ1) is 49.3. The predicted molar refractivity (Wildman–Crippen MR) is 228 cm³/mol. The van der Waals surface area contributed by atoms with Crippen molar-refractivity contribution >= 4 is 24.2 Å². The second kappa shape index (κ2) is 24.2. The Kier molecular flexibility index (Phi) is 20.9. The number of β-amino-alcohol motifs (C(OH)–C–C–N with tert-alkyl or cyclic N) is 1. The molecule has 14 heteroatoms. The van der Waals surface area contributed by atoms with Crippen molar-refractivity contribution in [2.75, 3.05) is 64.8 Å². The number of benzene rings is 1. The van der Waals surface area contributed by atoms with Gasteiger partial charge in [0, 0.05) is 92.3 Å². The number of aromatic nitrogens is 2. The number of amides is 1. The Morgan fingerprint density at radius 3 is 2.23 bits per heavy atom. The van der Waals surface area contributed by atoms with E-state index in [1.54, 1.807) is 6.07 Å². The van der Waals surface area contributed by atoms with Gasteiger partial charge in [-0.1, -0.05) is 48.5 Å². The Bertz CT molecular complexity index is 1570. The highest BCUT2D eigenvalue weighted by Gasteiger charge is 2.32. The van der Waals surface area contributed by atoms with E-state index >= 15 is 0 Å². The molecule has 0 saturated carbocycles. The topological polar surface area (TPSA) is 150 Å². The van der Waals surface area contributed by atoms with Gasteiger partial charge in [0.2, 0.25) is 5.91 Å². The van der Waals surface area contributed by atoms with Crippen LogP contribution in [0.2, 0.25) is 0 Å². The van der Waals surface area contributed by atoms with Gasteiger partial charge >= 0.3 is 0 Å². The van der Waals surface area contributed by atoms with E-state index in [0.29, 0.717) is 60.2 Å². The fraction of sp³-hybridized carbons (Fsp3) is 0.651. The molecule has 4 heterocycles. The summed E-state index contributed by atoms with van der Waals surface area (Å²) < 4.78 is 29.2. The van der Waals surface area contributed by atoms with Crippen LogP contribution in [-0.2, 0) is 22.4 Å². The number of allylic oxidation sites excluding steroid dienone is 1. The molecule has 0 aliphatic carbocycles. The Morgan fingerprint density at radius 2 is 1.74 bits per heavy atom. The van der Waals surface area contributed by atoms with Gasteiger partial charge in [0.05, 0.1) is 18.6 Å². The quantitative estimate of drug-likeness (QED) is 0.121. The maximum atomic E-state index is 14.6. The number of nitrogens with zero attached hydrogens (tertiary/aromatic N) is 5. The molecule has 0 radical (unpaired) electrons. The first-order chi connectivity index (χ1) is 27.1. The number of halogens is 2. The lowest BCUT2D eigenvalue weighted by atomic mass is 9.92. The zero-order chi connectivity index (χ0) is 42.9. The summed E-state index contributed by atoms with van der Waals surface area (Å²) >= 11 is 0. The molecule has 2 fully saturated rings. The van der Waals surface area contributed by atoms with Crippen LogP contribution in [0.5, 0.6) is 0 Å². The molecule has 3 aliphatic heterocycles. The summed E-state index contributed by atoms with van der Waals surface area (Å²) in [4.78, 5) is 35.5. The van der Waals surface area contributed by atoms with Crippen molar-refractivity contribution in [2.45, 2.75) is 119 Å². The number of nitrogens with one attached hydrogen (secondary N) is 4. The number of fused-ring (bicyclic) bond motifs is 1. The molecule has 5 N–H and O–H groups in total. The summed E-state index contributed by atoms with van der Waals surface area (Å²) in [6.07, 6.45) is 4.62. The molecule has 1 amide bonds. The summed E-state index contributed by atoms with van der Waals surface area (Å²) in [5.41, 5.74) is 4.14. The van der Waals surface area contributed by atoms with Crippen LogP contribution in [0.3, 0.4) is 0 Å². The largest absolute Gasteiger partial charge is 0.392 e. The Balaban J connectivity index is 0.000000895. The highest BCUT2D eigenvalue weighted by Crippen LogP contribution is 2.39. The van der Waals surface area contributed by atoms with Crippen molar-refractivity contribution in [3.05, 3.63) is 52.7 Å². The number of hydrogen-bond acceptors (Lipinski definition) is 10. The van der Waals surface area contributed by atoms with Gasteiger partial charge in [-0.05, 0) is 81.8 Å². The number of aliphatic hydroxyl groups excluding tert-OH is 1. The molecule has 3 aliphatic rings. The van der Waals surface area contributed by atoms with Gasteiger partial charge in [-0.3, -0.25) is 15.1 Å². The highest BCUT2D eigenvalue weighted by molar-refractivity contribution is 6.09. The van der Waals surface area contributed by atoms with Gasteiger partial charge in [-0.2, -0.15) is 0 Å². The molecule has 12 nitrogen and oxygen atoms in total. The normalized spacial score (nSPS) is 18.0. The minimum atomic E-state index is -2.73. The van der Waals surface area contributed by atoms with E-state index in [-0.39, 0.29) is 29.4 Å². The summed E-state index contributed by atoms with van der Waals surface area (Å²) in [5, 5.41) is 28.0. The molecule has 0 spiro atoms. The van der Waals surface area contributed by atoms with Crippen molar-refractivity contribution in [2.24, 2.45) is 5.41 Å². The van der Waals surface area contributed by atoms with Gasteiger partial charge in [-0.15, -0.1) is 0 Å². The van der Waals surface area contributed by atoms with Gasteiger partial charge in [0.1, 0.15) is 18.4 Å². The molecular weight excluding hydrogens is 729 g/mol. The number of amidine groups is 1. The lowest BCUT2D eigenvalue weighted by Gasteiger charge is -2.44. The molecule has 2 unspecified atom stereocenters. The van der Waals surface area contributed by atoms with E-state index in [1.807, 2.05) is 66.5 Å². The second-order valence-electron chi connectivity index (χ2n) is 16.0. The van der Waals surface area contributed by atoms with Crippen LogP contribution in [0.4, 0.5) is 14.5 Å². The number of rotatable bonds is 13. The van der Waals surface area contributed by atoms with Crippen LogP contribution in [-0.4, -0.2) is 122 Å². The van der Waals surface area contributed by atoms with Gasteiger partial charge in [-0.25, -0.2) is 18.7 Å². The number of aliphatic hydroxyl groups is 1. The molecule has 1 aromatic heterocycles. The molecule has 57 heavy (non-hydrogen) atoms. The van der Waals surface area contributed by atoms with E-state index in [1.165, 1.54) is 12.4 Å². The summed E-state index contributed by atoms with van der Waals surface area (Å²) in [5.74, 6) is 0.495. The van der Waals surface area contributed by atoms with Crippen LogP contribution in [0.25, 0.3) is 11.1 Å². The molecule has 2 saturated heterocycles. The van der Waals surface area contributed by atoms with Crippen molar-refractivity contribution in [1.82, 2.24) is 35.7 Å². The van der Waals surface area contributed by atoms with Crippen LogP contribution in [0.1, 0.15) is 104 Å². The average Bonchev–Trinajstić information content (AvgIpc) is 3.58. The number of alkyl halides is 2. The van der Waals surface area contributed by atoms with E-state index < -0.39 is 6.43 Å². The van der Waals surface area contributed by atoms with Gasteiger partial charge in [0.15, 0.2) is 0 Å². The molecule has 320 valence electrons. The summed E-state index contributed by atoms with van der Waals surface area (Å²) in [6.45, 7) is 24.1. The highest BCUT2D eigenvalue weighted by atomic mass is 19.3. The minimum absolute atomic E-state index is 0.0211. The van der Waals surface area contributed by atoms with Crippen molar-refractivity contribution in [1.29, 1.82) is 5.41 Å². The third kappa shape index (κ3) is 14.8. The summed E-state index contributed by atoms with van der Waals surface area (Å²) in [7, 11) is 3.89. The number of likely N-dealkylation sites (tertiary alicyclic amines) is 2. The first-order valence-corrected chi connectivity index (χ1v) is 20.6. The molecule has 5 rings (SSSR count). The van der Waals surface area contributed by atoms with Crippen molar-refractivity contribution < 1.29 is 23.5 Å². The lowest BCUT2D eigenvalue weighted by Crippen LogP contribution is -2.60. The van der Waals surface area contributed by atoms with E-state index in [9.17, 15) is 19.0 Å². The fourth-order valence-corrected chi connectivity index (χ4v) is 6.92. The van der Waals surface area contributed by atoms with E-state index in [2.05, 4.69) is 56.5 Å². The van der Waals surface area contributed by atoms with Gasteiger partial charge in [0.25, 0.3) is 6.43 Å². The smallest absolute Gasteiger partial charge is 0.264 e. The van der Waals surface area contributed by atoms with Crippen LogP contribution >= 0.6 is 0 Å². The average molecular weight is 800 g/mol. The standard InChI is InChI=1S/C35H52F2N8O.C5H11NO.C2H6.CH2O/c1-8-22(3)44-19-25(20-44)43-29(9-2)28(18-39-7)34(38)45-12-10-11-23-13-26(27(33(36)37)14-30(23)45)24-16-40-31(41-17-24)15-32(46)42-21-35(4,5)6;1-6-3-2-5(7)4-6;2*1-2/h13-14,16-17,22,25,33,38-39,43H,8-12,15,18-21H2,1-7H3,(H,42,46);5,7H,2-4H2,1H3;1-2H3;1H2/b29-28-,38-34?;;;. The van der Waals surface area contributed by atoms with Gasteiger partial charge < -0.3 is 35.7 Å². The zero-order valence-electron chi connectivity index (χ0n) is 36.3. The number of hydrogen-bond donors (Lipinski definition) is 5. The molecule has 1 aromatic carbocycles. The van der Waals surface area contributed by atoms with Crippen molar-refractivity contribution in [3.63, 3.8) is 0 Å². The predicted octanol–water partition coefficient (Wildman–Crippen LogP) is 6.00. The number of carbonyl (C=O) groups excluding carboxylic acids is 2. The Morgan fingerprint density at radius 1 is 1.09 bits per heavy atom. The molecule has 2 atom stereocenters. The number of likely N-dealkylation sites (N-methyl/N-ethyl adjacent to an activating group) is 2. The first-order valence-electron chi connectivity index (χ1n) is 20.6. The second-order valence-corrected chi connectivity index (χ2v) is 16.0. The maximum absolute atomic E-state index is 14.6. The van der Waals surface area contributed by atoms with Crippen LogP contribution in [0, 0.1) is 10.8 Å². The molecule has 2 aromatic rings. The molecular formula is C43H71F2N9O3. The Labute approximate surface area is 340 Å². The number of anilines is 1. The lowest BCUT2D eigenvalue weighted by molar-refractivity contribution is -0.121. The van der Waals surface area contributed by atoms with Crippen LogP contribution < -0.4 is 20.9 Å². The van der Waals surface area contributed by atoms with E-state index in [0.717, 1.165) is 75.1 Å².